The van der Waals surface area contributed by atoms with E-state index in [4.69, 9.17) is 4.74 Å². The van der Waals surface area contributed by atoms with Crippen molar-refractivity contribution in [1.29, 1.82) is 5.26 Å². The van der Waals surface area contributed by atoms with Gasteiger partial charge >= 0.3 is 5.97 Å². The van der Waals surface area contributed by atoms with E-state index in [0.717, 1.165) is 37.7 Å². The largest absolute Gasteiger partial charge is 0.449 e. The molecular weight excluding hydrogens is 402 g/mol. The molecule has 1 aliphatic carbocycles. The van der Waals surface area contributed by atoms with Gasteiger partial charge in [0.2, 0.25) is 0 Å². The minimum Gasteiger partial charge on any atom is -0.449 e. The number of hydrogen-bond donors (Lipinski definition) is 1. The number of nitrogens with zero attached hydrogens (tertiary/aromatic N) is 4. The lowest BCUT2D eigenvalue weighted by molar-refractivity contribution is -0.123. The standard InChI is InChI=1S/C21H21N5O3S/c1-12(29-21(28)14-8-9-18-25-24-13(2)26(18)11-14)19(27)23-20-16(10-22)15-6-4-3-5-7-17(15)30-20/h8-9,11-12H,3-7H2,1-2H3,(H,23,27). The number of nitriles is 1. The zero-order valence-electron chi connectivity index (χ0n) is 16.8. The predicted molar refractivity (Wildman–Crippen MR) is 112 cm³/mol. The number of anilines is 1. The molecule has 3 aromatic heterocycles. The van der Waals surface area contributed by atoms with Gasteiger partial charge in [-0.3, -0.25) is 9.20 Å². The summed E-state index contributed by atoms with van der Waals surface area (Å²) >= 11 is 1.45. The third-order valence-corrected chi connectivity index (χ3v) is 6.44. The van der Waals surface area contributed by atoms with Gasteiger partial charge in [0.1, 0.15) is 16.9 Å². The van der Waals surface area contributed by atoms with E-state index in [9.17, 15) is 14.9 Å². The number of carbonyl (C=O) groups is 2. The van der Waals surface area contributed by atoms with E-state index in [0.29, 0.717) is 27.6 Å². The highest BCUT2D eigenvalue weighted by molar-refractivity contribution is 7.16. The number of pyridine rings is 1. The van der Waals surface area contributed by atoms with Crippen LogP contribution in [0.2, 0.25) is 0 Å². The van der Waals surface area contributed by atoms with Gasteiger partial charge in [0, 0.05) is 11.1 Å². The Morgan fingerprint density at radius 2 is 2.07 bits per heavy atom. The molecule has 154 valence electrons. The Bertz CT molecular complexity index is 1170. The van der Waals surface area contributed by atoms with Gasteiger partial charge in [-0.2, -0.15) is 5.26 Å². The molecule has 3 heterocycles. The molecule has 0 saturated carbocycles. The van der Waals surface area contributed by atoms with Gasteiger partial charge in [0.15, 0.2) is 11.8 Å². The van der Waals surface area contributed by atoms with Crippen molar-refractivity contribution in [2.75, 3.05) is 5.32 Å². The van der Waals surface area contributed by atoms with Crippen LogP contribution >= 0.6 is 11.3 Å². The fourth-order valence-electron chi connectivity index (χ4n) is 3.57. The Hall–Kier alpha value is -3.25. The highest BCUT2D eigenvalue weighted by Gasteiger charge is 2.24. The maximum absolute atomic E-state index is 12.6. The van der Waals surface area contributed by atoms with E-state index in [-0.39, 0.29) is 0 Å². The minimum absolute atomic E-state index is 0.297. The van der Waals surface area contributed by atoms with E-state index in [1.54, 1.807) is 29.7 Å². The van der Waals surface area contributed by atoms with Crippen LogP contribution in [0.1, 0.15) is 58.4 Å². The molecule has 0 bridgehead atoms. The van der Waals surface area contributed by atoms with E-state index in [1.807, 2.05) is 0 Å². The first-order chi connectivity index (χ1) is 14.5. The lowest BCUT2D eigenvalue weighted by atomic mass is 10.1. The summed E-state index contributed by atoms with van der Waals surface area (Å²) in [5.41, 5.74) is 2.51. The molecule has 9 heteroatoms. The molecular formula is C21H21N5O3S. The van der Waals surface area contributed by atoms with Crippen molar-refractivity contribution in [2.24, 2.45) is 0 Å². The monoisotopic (exact) mass is 423 g/mol. The summed E-state index contributed by atoms with van der Waals surface area (Å²) in [7, 11) is 0. The van der Waals surface area contributed by atoms with Crippen molar-refractivity contribution in [2.45, 2.75) is 52.1 Å². The molecule has 8 nitrogen and oxygen atoms in total. The fourth-order valence-corrected chi connectivity index (χ4v) is 4.81. The Kier molecular flexibility index (Phi) is 5.50. The molecule has 0 fully saturated rings. The minimum atomic E-state index is -1.01. The molecule has 0 aliphatic heterocycles. The number of ether oxygens (including phenoxy) is 1. The topological polar surface area (TPSA) is 109 Å². The van der Waals surface area contributed by atoms with Crippen LogP contribution in [-0.4, -0.2) is 32.6 Å². The summed E-state index contributed by atoms with van der Waals surface area (Å²) in [6.07, 6.45) is 5.67. The van der Waals surface area contributed by atoms with Gasteiger partial charge in [-0.25, -0.2) is 4.79 Å². The van der Waals surface area contributed by atoms with Crippen molar-refractivity contribution in [3.8, 4) is 6.07 Å². The maximum Gasteiger partial charge on any atom is 0.340 e. The Morgan fingerprint density at radius 3 is 2.87 bits per heavy atom. The molecule has 0 radical (unpaired) electrons. The molecule has 1 N–H and O–H groups in total. The molecule has 0 spiro atoms. The first-order valence-electron chi connectivity index (χ1n) is 9.86. The van der Waals surface area contributed by atoms with Crippen molar-refractivity contribution in [3.05, 3.63) is 45.7 Å². The van der Waals surface area contributed by atoms with Crippen LogP contribution in [0.15, 0.2) is 18.3 Å². The summed E-state index contributed by atoms with van der Waals surface area (Å²) in [5, 5.41) is 20.9. The summed E-state index contributed by atoms with van der Waals surface area (Å²) in [5.74, 6) is -0.431. The summed E-state index contributed by atoms with van der Waals surface area (Å²) in [4.78, 5) is 26.3. The molecule has 30 heavy (non-hydrogen) atoms. The van der Waals surface area contributed by atoms with Crippen molar-refractivity contribution in [3.63, 3.8) is 0 Å². The lowest BCUT2D eigenvalue weighted by Gasteiger charge is -2.13. The third-order valence-electron chi connectivity index (χ3n) is 5.23. The zero-order valence-corrected chi connectivity index (χ0v) is 17.6. The molecule has 3 aromatic rings. The van der Waals surface area contributed by atoms with Crippen molar-refractivity contribution < 1.29 is 14.3 Å². The van der Waals surface area contributed by atoms with Crippen LogP contribution in [0.5, 0.6) is 0 Å². The van der Waals surface area contributed by atoms with E-state index >= 15 is 0 Å². The average Bonchev–Trinajstić information content (AvgIpc) is 3.17. The number of aryl methyl sites for hydroxylation is 2. The van der Waals surface area contributed by atoms with Crippen LogP contribution in [0, 0.1) is 18.3 Å². The van der Waals surface area contributed by atoms with E-state index in [1.165, 1.54) is 23.1 Å². The second-order valence-electron chi connectivity index (χ2n) is 7.31. The molecule has 1 aliphatic rings. The van der Waals surface area contributed by atoms with Crippen molar-refractivity contribution >= 4 is 33.9 Å². The van der Waals surface area contributed by atoms with Crippen LogP contribution in [0.4, 0.5) is 5.00 Å². The summed E-state index contributed by atoms with van der Waals surface area (Å²) < 4.78 is 7.03. The number of aromatic nitrogens is 3. The van der Waals surface area contributed by atoms with Gasteiger partial charge in [-0.1, -0.05) is 6.42 Å². The first-order valence-corrected chi connectivity index (χ1v) is 10.7. The number of rotatable bonds is 4. The average molecular weight is 423 g/mol. The van der Waals surface area contributed by atoms with Gasteiger partial charge in [-0.15, -0.1) is 21.5 Å². The Balaban J connectivity index is 1.47. The summed E-state index contributed by atoms with van der Waals surface area (Å²) in [6, 6.07) is 5.49. The molecule has 1 unspecified atom stereocenters. The number of carbonyl (C=O) groups excluding carboxylic acids is 2. The number of thiophene rings is 1. The number of esters is 1. The number of amides is 1. The molecule has 1 amide bonds. The summed E-state index contributed by atoms with van der Waals surface area (Å²) in [6.45, 7) is 3.29. The SMILES string of the molecule is Cc1nnc2ccc(C(=O)OC(C)C(=O)Nc3sc4c(c3C#N)CCCCC4)cn12. The van der Waals surface area contributed by atoms with Crippen molar-refractivity contribution in [1.82, 2.24) is 14.6 Å². The van der Waals surface area contributed by atoms with Gasteiger partial charge in [0.25, 0.3) is 5.91 Å². The van der Waals surface area contributed by atoms with Gasteiger partial charge in [-0.05, 0) is 57.2 Å². The molecule has 1 atom stereocenters. The van der Waals surface area contributed by atoms with Gasteiger partial charge < -0.3 is 10.1 Å². The number of hydrogen-bond acceptors (Lipinski definition) is 7. The van der Waals surface area contributed by atoms with Gasteiger partial charge in [0.05, 0.1) is 11.1 Å². The van der Waals surface area contributed by atoms with E-state index < -0.39 is 18.0 Å². The molecule has 4 rings (SSSR count). The van der Waals surface area contributed by atoms with E-state index in [2.05, 4.69) is 21.6 Å². The van der Waals surface area contributed by atoms with Crippen LogP contribution in [-0.2, 0) is 22.4 Å². The fraction of sp³-hybridized carbons (Fsp3) is 0.381. The Labute approximate surface area is 177 Å². The Morgan fingerprint density at radius 1 is 1.27 bits per heavy atom. The number of nitrogens with one attached hydrogen (secondary N) is 1. The predicted octanol–water partition coefficient (Wildman–Crippen LogP) is 3.42. The quantitative estimate of drug-likeness (QED) is 0.509. The lowest BCUT2D eigenvalue weighted by Crippen LogP contribution is -2.30. The maximum atomic E-state index is 12.6. The number of fused-ring (bicyclic) bond motifs is 2. The molecule has 0 aromatic carbocycles. The van der Waals surface area contributed by atoms with Crippen LogP contribution in [0.25, 0.3) is 5.65 Å². The first kappa shape index (κ1) is 20.0. The zero-order chi connectivity index (χ0) is 21.3. The third kappa shape index (κ3) is 3.78. The van der Waals surface area contributed by atoms with Crippen LogP contribution < -0.4 is 5.32 Å². The molecule has 0 saturated heterocycles. The smallest absolute Gasteiger partial charge is 0.340 e. The highest BCUT2D eigenvalue weighted by Crippen LogP contribution is 2.37. The normalized spacial score (nSPS) is 14.4. The van der Waals surface area contributed by atoms with Crippen LogP contribution in [0.3, 0.4) is 0 Å². The second-order valence-corrected chi connectivity index (χ2v) is 8.42. The highest BCUT2D eigenvalue weighted by atomic mass is 32.1. The second kappa shape index (κ2) is 8.24.